The summed E-state index contributed by atoms with van der Waals surface area (Å²) in [5, 5.41) is 4.57. The summed E-state index contributed by atoms with van der Waals surface area (Å²) in [7, 11) is 0. The van der Waals surface area contributed by atoms with Gasteiger partial charge in [-0.25, -0.2) is 0 Å². The molecule has 0 heterocycles. The van der Waals surface area contributed by atoms with E-state index in [9.17, 15) is 9.59 Å². The van der Waals surface area contributed by atoms with Crippen LogP contribution in [0.15, 0.2) is 36.4 Å². The lowest BCUT2D eigenvalue weighted by Crippen LogP contribution is -2.49. The third-order valence-electron chi connectivity index (χ3n) is 4.94. The zero-order chi connectivity index (χ0) is 23.0. The Morgan fingerprint density at radius 3 is 2.23 bits per heavy atom. The Labute approximate surface area is 203 Å². The number of hydrogen-bond donors (Lipinski definition) is 1. The van der Waals surface area contributed by atoms with Crippen molar-refractivity contribution in [3.05, 3.63) is 67.6 Å². The molecule has 0 aliphatic heterocycles. The number of rotatable bonds is 10. The quantitative estimate of drug-likeness (QED) is 0.373. The number of halogens is 4. The summed E-state index contributed by atoms with van der Waals surface area (Å²) in [6.07, 6.45) is 2.28. The first-order valence-corrected chi connectivity index (χ1v) is 11.7. The molecule has 1 atom stereocenters. The number of benzene rings is 2. The number of nitrogens with one attached hydrogen (secondary N) is 1. The first-order valence-electron chi connectivity index (χ1n) is 10.2. The van der Waals surface area contributed by atoms with Gasteiger partial charge in [-0.3, -0.25) is 9.59 Å². The van der Waals surface area contributed by atoms with E-state index >= 15 is 0 Å². The Kier molecular flexibility index (Phi) is 10.4. The molecular weight excluding hydrogens is 478 g/mol. The third kappa shape index (κ3) is 7.28. The van der Waals surface area contributed by atoms with Crippen LogP contribution in [0, 0.1) is 0 Å². The minimum absolute atomic E-state index is 0.0153. The summed E-state index contributed by atoms with van der Waals surface area (Å²) in [4.78, 5) is 27.8. The van der Waals surface area contributed by atoms with Gasteiger partial charge in [0.05, 0.1) is 16.5 Å². The van der Waals surface area contributed by atoms with Gasteiger partial charge in [-0.1, -0.05) is 78.8 Å². The highest BCUT2D eigenvalue weighted by molar-refractivity contribution is 6.42. The molecule has 0 spiro atoms. The largest absolute Gasteiger partial charge is 0.354 e. The summed E-state index contributed by atoms with van der Waals surface area (Å²) < 4.78 is 0. The second kappa shape index (κ2) is 12.5. The van der Waals surface area contributed by atoms with Gasteiger partial charge in [-0.2, -0.15) is 0 Å². The molecule has 0 saturated heterocycles. The highest BCUT2D eigenvalue weighted by Crippen LogP contribution is 2.27. The van der Waals surface area contributed by atoms with Crippen molar-refractivity contribution >= 4 is 58.2 Å². The average Bonchev–Trinajstić information content (AvgIpc) is 2.73. The Hall–Kier alpha value is -1.46. The van der Waals surface area contributed by atoms with E-state index in [0.717, 1.165) is 18.4 Å². The Morgan fingerprint density at radius 2 is 1.65 bits per heavy atom. The third-order valence-corrected chi connectivity index (χ3v) is 6.39. The van der Waals surface area contributed by atoms with Crippen molar-refractivity contribution in [2.45, 2.75) is 52.1 Å². The van der Waals surface area contributed by atoms with Gasteiger partial charge >= 0.3 is 0 Å². The van der Waals surface area contributed by atoms with Crippen LogP contribution >= 0.6 is 46.4 Å². The molecule has 0 fully saturated rings. The maximum Gasteiger partial charge on any atom is 0.242 e. The number of carbonyl (C=O) groups excluding carboxylic acids is 2. The van der Waals surface area contributed by atoms with Gasteiger partial charge in [0.1, 0.15) is 6.04 Å². The van der Waals surface area contributed by atoms with Crippen LogP contribution in [-0.4, -0.2) is 29.3 Å². The molecule has 2 amide bonds. The summed E-state index contributed by atoms with van der Waals surface area (Å²) in [6, 6.07) is 9.63. The standard InChI is InChI=1S/C23H26Cl4N2O2/c1-3-5-11-28-23(31)21(4-2)29(14-15-9-10-19(26)20(27)12-15)22(30)13-16-17(24)7-6-8-18(16)25/h6-10,12,21H,3-5,11,13-14H2,1-2H3,(H,28,31)/t21-/m1/s1. The van der Waals surface area contributed by atoms with E-state index in [1.165, 1.54) is 0 Å². The van der Waals surface area contributed by atoms with Crippen LogP contribution in [0.25, 0.3) is 0 Å². The van der Waals surface area contributed by atoms with Crippen molar-refractivity contribution in [3.63, 3.8) is 0 Å². The predicted molar refractivity (Wildman–Crippen MR) is 129 cm³/mol. The summed E-state index contributed by atoms with van der Waals surface area (Å²) >= 11 is 24.7. The zero-order valence-corrected chi connectivity index (χ0v) is 20.6. The Balaban J connectivity index is 2.33. The summed E-state index contributed by atoms with van der Waals surface area (Å²) in [6.45, 7) is 4.70. The van der Waals surface area contributed by atoms with Crippen LogP contribution in [0.2, 0.25) is 20.1 Å². The zero-order valence-electron chi connectivity index (χ0n) is 17.6. The molecule has 0 aliphatic carbocycles. The highest BCUT2D eigenvalue weighted by atomic mass is 35.5. The minimum Gasteiger partial charge on any atom is -0.354 e. The number of hydrogen-bond acceptors (Lipinski definition) is 2. The van der Waals surface area contributed by atoms with Crippen molar-refractivity contribution in [1.29, 1.82) is 0 Å². The number of unbranched alkanes of at least 4 members (excludes halogenated alkanes) is 1. The number of amides is 2. The molecule has 0 bridgehead atoms. The van der Waals surface area contributed by atoms with Crippen LogP contribution in [-0.2, 0) is 22.6 Å². The van der Waals surface area contributed by atoms with Crippen LogP contribution in [0.4, 0.5) is 0 Å². The van der Waals surface area contributed by atoms with Gasteiger partial charge in [-0.15, -0.1) is 0 Å². The van der Waals surface area contributed by atoms with Gasteiger partial charge in [0, 0.05) is 23.1 Å². The molecule has 0 aliphatic rings. The second-order valence-corrected chi connectivity index (χ2v) is 8.84. The topological polar surface area (TPSA) is 49.4 Å². The van der Waals surface area contributed by atoms with E-state index in [4.69, 9.17) is 46.4 Å². The highest BCUT2D eigenvalue weighted by Gasteiger charge is 2.29. The monoisotopic (exact) mass is 502 g/mol. The van der Waals surface area contributed by atoms with Gasteiger partial charge < -0.3 is 10.2 Å². The van der Waals surface area contributed by atoms with Gasteiger partial charge in [0.2, 0.25) is 11.8 Å². The van der Waals surface area contributed by atoms with E-state index in [-0.39, 0.29) is 24.8 Å². The fourth-order valence-corrected chi connectivity index (χ4v) is 4.07. The molecule has 2 rings (SSSR count). The smallest absolute Gasteiger partial charge is 0.242 e. The molecule has 0 saturated carbocycles. The Bertz CT molecular complexity index is 900. The van der Waals surface area contributed by atoms with Gasteiger partial charge in [0.15, 0.2) is 0 Å². The lowest BCUT2D eigenvalue weighted by Gasteiger charge is -2.31. The molecule has 2 aromatic carbocycles. The predicted octanol–water partition coefficient (Wildman–Crippen LogP) is 6.57. The SMILES string of the molecule is CCCCNC(=O)[C@@H](CC)N(Cc1ccc(Cl)c(Cl)c1)C(=O)Cc1c(Cl)cccc1Cl. The second-order valence-electron chi connectivity index (χ2n) is 7.22. The lowest BCUT2D eigenvalue weighted by molar-refractivity contribution is -0.140. The van der Waals surface area contributed by atoms with Crippen molar-refractivity contribution in [3.8, 4) is 0 Å². The first kappa shape index (κ1) is 25.8. The molecule has 1 N–H and O–H groups in total. The fourth-order valence-electron chi connectivity index (χ4n) is 3.21. The maximum atomic E-state index is 13.4. The van der Waals surface area contributed by atoms with Crippen LogP contribution in [0.5, 0.6) is 0 Å². The number of nitrogens with zero attached hydrogens (tertiary/aromatic N) is 1. The fraction of sp³-hybridized carbons (Fsp3) is 0.391. The normalized spacial score (nSPS) is 11.8. The van der Waals surface area contributed by atoms with E-state index in [1.807, 2.05) is 6.92 Å². The van der Waals surface area contributed by atoms with Crippen molar-refractivity contribution in [2.24, 2.45) is 0 Å². The first-order chi connectivity index (χ1) is 14.8. The molecule has 4 nitrogen and oxygen atoms in total. The van der Waals surface area contributed by atoms with Crippen LogP contribution in [0.3, 0.4) is 0 Å². The van der Waals surface area contributed by atoms with Gasteiger partial charge in [-0.05, 0) is 48.2 Å². The number of carbonyl (C=O) groups is 2. The average molecular weight is 504 g/mol. The molecular formula is C23H26Cl4N2O2. The lowest BCUT2D eigenvalue weighted by atomic mass is 10.1. The minimum atomic E-state index is -0.639. The van der Waals surface area contributed by atoms with Gasteiger partial charge in [0.25, 0.3) is 0 Å². The van der Waals surface area contributed by atoms with Crippen LogP contribution in [0.1, 0.15) is 44.2 Å². The molecule has 31 heavy (non-hydrogen) atoms. The van der Waals surface area contributed by atoms with E-state index in [0.29, 0.717) is 38.6 Å². The van der Waals surface area contributed by atoms with Crippen molar-refractivity contribution in [1.82, 2.24) is 10.2 Å². The van der Waals surface area contributed by atoms with Crippen molar-refractivity contribution in [2.75, 3.05) is 6.54 Å². The van der Waals surface area contributed by atoms with Crippen molar-refractivity contribution < 1.29 is 9.59 Å². The van der Waals surface area contributed by atoms with Crippen LogP contribution < -0.4 is 5.32 Å². The van der Waals surface area contributed by atoms with E-state index in [2.05, 4.69) is 12.2 Å². The molecule has 0 aromatic heterocycles. The maximum absolute atomic E-state index is 13.4. The molecule has 2 aromatic rings. The molecule has 0 unspecified atom stereocenters. The van der Waals surface area contributed by atoms with E-state index < -0.39 is 6.04 Å². The Morgan fingerprint density at radius 1 is 0.968 bits per heavy atom. The molecule has 8 heteroatoms. The van der Waals surface area contributed by atoms with E-state index in [1.54, 1.807) is 41.3 Å². The summed E-state index contributed by atoms with van der Waals surface area (Å²) in [5.41, 5.74) is 1.31. The molecule has 168 valence electrons. The molecule has 0 radical (unpaired) electrons. The summed E-state index contributed by atoms with van der Waals surface area (Å²) in [5.74, 6) is -0.437.